The Morgan fingerprint density at radius 1 is 1.20 bits per heavy atom. The molecule has 1 aliphatic rings. The Hall–Kier alpha value is -2.82. The first-order valence-corrected chi connectivity index (χ1v) is 6.31. The Morgan fingerprint density at radius 3 is 2.90 bits per heavy atom. The van der Waals surface area contributed by atoms with Crippen LogP contribution in [0.15, 0.2) is 43.0 Å². The first-order valence-electron chi connectivity index (χ1n) is 6.31. The minimum atomic E-state index is 0.0913. The van der Waals surface area contributed by atoms with Gasteiger partial charge in [-0.15, -0.1) is 0 Å². The summed E-state index contributed by atoms with van der Waals surface area (Å²) in [6.45, 7) is 0. The van der Waals surface area contributed by atoms with E-state index in [2.05, 4.69) is 15.0 Å². The second-order valence-corrected chi connectivity index (χ2v) is 4.62. The normalized spacial score (nSPS) is 13.7. The van der Waals surface area contributed by atoms with Crippen molar-refractivity contribution < 1.29 is 4.79 Å². The van der Waals surface area contributed by atoms with Crippen LogP contribution in [0.3, 0.4) is 0 Å². The van der Waals surface area contributed by atoms with Crippen LogP contribution in [0.4, 0.5) is 0 Å². The summed E-state index contributed by atoms with van der Waals surface area (Å²) in [5.41, 5.74) is 3.24. The van der Waals surface area contributed by atoms with Gasteiger partial charge in [-0.05, 0) is 12.1 Å². The average molecular weight is 262 g/mol. The number of Topliss-reactive ketones (excluding diaryl/α,β-unsaturated/α-hetero) is 1. The van der Waals surface area contributed by atoms with Crippen molar-refractivity contribution in [3.63, 3.8) is 0 Å². The number of allylic oxidation sites excluding steroid dienone is 1. The lowest BCUT2D eigenvalue weighted by Gasteiger charge is -2.10. The second kappa shape index (κ2) is 4.09. The predicted molar refractivity (Wildman–Crippen MR) is 74.2 cm³/mol. The van der Waals surface area contributed by atoms with Gasteiger partial charge in [0.15, 0.2) is 5.78 Å². The molecule has 0 fully saturated rings. The summed E-state index contributed by atoms with van der Waals surface area (Å²) < 4.78 is 1.77. The zero-order valence-corrected chi connectivity index (χ0v) is 10.5. The Balaban J connectivity index is 1.99. The lowest BCUT2D eigenvalue weighted by Crippen LogP contribution is -2.11. The van der Waals surface area contributed by atoms with Crippen molar-refractivity contribution in [2.75, 3.05) is 0 Å². The fourth-order valence-corrected chi connectivity index (χ4v) is 2.42. The maximum Gasteiger partial charge on any atom is 0.234 e. The van der Waals surface area contributed by atoms with E-state index in [9.17, 15) is 4.79 Å². The van der Waals surface area contributed by atoms with Gasteiger partial charge in [0.05, 0.1) is 5.69 Å². The van der Waals surface area contributed by atoms with E-state index in [1.807, 2.05) is 30.5 Å². The summed E-state index contributed by atoms with van der Waals surface area (Å²) in [6, 6.07) is 3.77. The average Bonchev–Trinajstić information content (AvgIpc) is 2.92. The van der Waals surface area contributed by atoms with Crippen molar-refractivity contribution >= 4 is 17.6 Å². The number of hydrogen-bond acceptors (Lipinski definition) is 4. The zero-order valence-electron chi connectivity index (χ0n) is 10.5. The van der Waals surface area contributed by atoms with Crippen LogP contribution in [0.25, 0.3) is 23.1 Å². The quantitative estimate of drug-likeness (QED) is 0.675. The van der Waals surface area contributed by atoms with Crippen LogP contribution in [-0.2, 0) is 0 Å². The van der Waals surface area contributed by atoms with Crippen molar-refractivity contribution in [3.8, 4) is 11.3 Å². The molecule has 0 spiro atoms. The molecule has 3 heterocycles. The van der Waals surface area contributed by atoms with Crippen LogP contribution in [0.5, 0.6) is 0 Å². The summed E-state index contributed by atoms with van der Waals surface area (Å²) in [5.74, 6) is 0.632. The van der Waals surface area contributed by atoms with Gasteiger partial charge >= 0.3 is 0 Å². The predicted octanol–water partition coefficient (Wildman–Crippen LogP) is 2.39. The molecule has 5 heteroatoms. The second-order valence-electron chi connectivity index (χ2n) is 4.62. The Morgan fingerprint density at radius 2 is 2.05 bits per heavy atom. The molecule has 0 unspecified atom stereocenters. The molecule has 3 aromatic heterocycles. The highest BCUT2D eigenvalue weighted by Gasteiger charge is 2.19. The first-order chi connectivity index (χ1) is 9.83. The molecule has 96 valence electrons. The Kier molecular flexibility index (Phi) is 2.26. The summed E-state index contributed by atoms with van der Waals surface area (Å²) >= 11 is 0. The minimum Gasteiger partial charge on any atom is -0.292 e. The van der Waals surface area contributed by atoms with Gasteiger partial charge in [0.2, 0.25) is 5.78 Å². The van der Waals surface area contributed by atoms with Crippen LogP contribution in [-0.4, -0.2) is 25.1 Å². The third-order valence-electron chi connectivity index (χ3n) is 3.36. The van der Waals surface area contributed by atoms with Gasteiger partial charge in [-0.1, -0.05) is 12.2 Å². The van der Waals surface area contributed by atoms with Crippen LogP contribution in [0.2, 0.25) is 0 Å². The van der Waals surface area contributed by atoms with Crippen molar-refractivity contribution in [2.45, 2.75) is 6.42 Å². The van der Waals surface area contributed by atoms with Gasteiger partial charge in [-0.25, -0.2) is 9.97 Å². The van der Waals surface area contributed by atoms with Gasteiger partial charge in [0.25, 0.3) is 0 Å². The van der Waals surface area contributed by atoms with E-state index in [-0.39, 0.29) is 5.78 Å². The summed E-state index contributed by atoms with van der Waals surface area (Å²) in [5, 5.41) is 0. The SMILES string of the molecule is O=C1CC=Cc2cnc3nc(-c4ccncc4)cn3c21. The lowest BCUT2D eigenvalue weighted by molar-refractivity contribution is 0.0988. The molecule has 0 bridgehead atoms. The van der Waals surface area contributed by atoms with E-state index < -0.39 is 0 Å². The summed E-state index contributed by atoms with van der Waals surface area (Å²) in [7, 11) is 0. The van der Waals surface area contributed by atoms with Gasteiger partial charge in [0, 0.05) is 42.3 Å². The number of ketones is 1. The summed E-state index contributed by atoms with van der Waals surface area (Å²) in [6.07, 6.45) is 11.2. The molecule has 0 aromatic carbocycles. The molecule has 0 saturated carbocycles. The highest BCUT2D eigenvalue weighted by atomic mass is 16.1. The maximum atomic E-state index is 12.1. The van der Waals surface area contributed by atoms with E-state index >= 15 is 0 Å². The van der Waals surface area contributed by atoms with E-state index in [0.717, 1.165) is 16.8 Å². The van der Waals surface area contributed by atoms with Crippen LogP contribution in [0, 0.1) is 0 Å². The fraction of sp³-hybridized carbons (Fsp3) is 0.0667. The highest BCUT2D eigenvalue weighted by molar-refractivity contribution is 6.01. The number of carbonyl (C=O) groups excluding carboxylic acids is 1. The van der Waals surface area contributed by atoms with Crippen molar-refractivity contribution in [2.24, 2.45) is 0 Å². The third-order valence-corrected chi connectivity index (χ3v) is 3.36. The standard InChI is InChI=1S/C15H10N4O/c20-13-3-1-2-11-8-17-15-18-12(9-19(15)14(11)13)10-4-6-16-7-5-10/h1-2,4-9H,3H2. The molecule has 0 N–H and O–H groups in total. The number of nitrogens with zero attached hydrogens (tertiary/aromatic N) is 4. The largest absolute Gasteiger partial charge is 0.292 e. The molecule has 0 aliphatic heterocycles. The molecule has 0 radical (unpaired) electrons. The number of carbonyl (C=O) groups is 1. The van der Waals surface area contributed by atoms with Crippen molar-refractivity contribution in [1.82, 2.24) is 19.4 Å². The van der Waals surface area contributed by atoms with Crippen molar-refractivity contribution in [1.29, 1.82) is 0 Å². The molecule has 0 atom stereocenters. The van der Waals surface area contributed by atoms with Gasteiger partial charge < -0.3 is 0 Å². The van der Waals surface area contributed by atoms with Gasteiger partial charge in [0.1, 0.15) is 5.69 Å². The highest BCUT2D eigenvalue weighted by Crippen LogP contribution is 2.23. The lowest BCUT2D eigenvalue weighted by atomic mass is 10.0. The van der Waals surface area contributed by atoms with E-state index in [1.165, 1.54) is 0 Å². The van der Waals surface area contributed by atoms with Crippen LogP contribution in [0.1, 0.15) is 22.5 Å². The van der Waals surface area contributed by atoms with Gasteiger partial charge in [-0.3, -0.25) is 14.2 Å². The monoisotopic (exact) mass is 262 g/mol. The van der Waals surface area contributed by atoms with Crippen molar-refractivity contribution in [3.05, 3.63) is 54.3 Å². The smallest absolute Gasteiger partial charge is 0.234 e. The number of pyridine rings is 1. The molecule has 3 aromatic rings. The Labute approximate surface area is 114 Å². The van der Waals surface area contributed by atoms with E-state index in [1.54, 1.807) is 23.0 Å². The minimum absolute atomic E-state index is 0.0913. The first kappa shape index (κ1) is 11.0. The third kappa shape index (κ3) is 1.56. The summed E-state index contributed by atoms with van der Waals surface area (Å²) in [4.78, 5) is 24.9. The molecule has 4 rings (SSSR count). The number of aromatic nitrogens is 4. The topological polar surface area (TPSA) is 60.2 Å². The molecule has 0 saturated heterocycles. The zero-order chi connectivity index (χ0) is 13.5. The molecular weight excluding hydrogens is 252 g/mol. The number of hydrogen-bond donors (Lipinski definition) is 0. The number of imidazole rings is 1. The molecule has 1 aliphatic carbocycles. The molecule has 5 nitrogen and oxygen atoms in total. The maximum absolute atomic E-state index is 12.1. The molecular formula is C15H10N4O. The van der Waals surface area contributed by atoms with E-state index in [0.29, 0.717) is 17.9 Å². The van der Waals surface area contributed by atoms with Crippen LogP contribution < -0.4 is 0 Å². The fourth-order valence-electron chi connectivity index (χ4n) is 2.42. The van der Waals surface area contributed by atoms with E-state index in [4.69, 9.17) is 0 Å². The number of fused-ring (bicyclic) bond motifs is 3. The van der Waals surface area contributed by atoms with Crippen LogP contribution >= 0.6 is 0 Å². The van der Waals surface area contributed by atoms with Gasteiger partial charge in [-0.2, -0.15) is 0 Å². The molecule has 20 heavy (non-hydrogen) atoms. The molecule has 0 amide bonds. The number of rotatable bonds is 1. The Bertz CT molecular complexity index is 849.